The molecule has 0 aliphatic rings. The maximum Gasteiger partial charge on any atom is 0.123 e. The molecule has 0 bridgehead atoms. The Hall–Kier alpha value is -1.19. The molecule has 94 valence electrons. The van der Waals surface area contributed by atoms with E-state index in [9.17, 15) is 4.39 Å². The van der Waals surface area contributed by atoms with E-state index in [2.05, 4.69) is 15.9 Å². The van der Waals surface area contributed by atoms with Gasteiger partial charge in [0.1, 0.15) is 5.82 Å². The minimum atomic E-state index is -0.324. The summed E-state index contributed by atoms with van der Waals surface area (Å²) in [5.41, 5.74) is 10.2. The summed E-state index contributed by atoms with van der Waals surface area (Å²) in [6.45, 7) is 3.96. The van der Waals surface area contributed by atoms with Crippen molar-refractivity contribution in [1.29, 1.82) is 0 Å². The highest BCUT2D eigenvalue weighted by Gasteiger charge is 2.15. The Morgan fingerprint density at radius 3 is 2.50 bits per heavy atom. The van der Waals surface area contributed by atoms with Crippen LogP contribution in [-0.4, -0.2) is 0 Å². The van der Waals surface area contributed by atoms with Gasteiger partial charge in [0.25, 0.3) is 0 Å². The third-order valence-corrected chi connectivity index (χ3v) is 4.22. The van der Waals surface area contributed by atoms with Crippen molar-refractivity contribution in [2.75, 3.05) is 0 Å². The van der Waals surface area contributed by atoms with Gasteiger partial charge in [-0.25, -0.2) is 4.39 Å². The van der Waals surface area contributed by atoms with Gasteiger partial charge in [0.15, 0.2) is 0 Å². The van der Waals surface area contributed by atoms with E-state index in [0.29, 0.717) is 0 Å². The SMILES string of the molecule is Cc1ccc(F)cc1C(N)c1cccc(C)c1Br. The zero-order valence-corrected chi connectivity index (χ0v) is 12.0. The highest BCUT2D eigenvalue weighted by Crippen LogP contribution is 2.30. The normalized spacial score (nSPS) is 12.5. The van der Waals surface area contributed by atoms with Crippen LogP contribution in [0.1, 0.15) is 28.3 Å². The molecule has 0 aliphatic heterocycles. The van der Waals surface area contributed by atoms with Crippen LogP contribution in [0.2, 0.25) is 0 Å². The highest BCUT2D eigenvalue weighted by molar-refractivity contribution is 9.10. The highest BCUT2D eigenvalue weighted by atomic mass is 79.9. The van der Waals surface area contributed by atoms with Crippen molar-refractivity contribution < 1.29 is 4.39 Å². The lowest BCUT2D eigenvalue weighted by Crippen LogP contribution is -2.14. The van der Waals surface area contributed by atoms with E-state index in [1.54, 1.807) is 6.07 Å². The predicted molar refractivity (Wildman–Crippen MR) is 76.0 cm³/mol. The van der Waals surface area contributed by atoms with Crippen LogP contribution in [0.25, 0.3) is 0 Å². The van der Waals surface area contributed by atoms with E-state index in [4.69, 9.17) is 5.73 Å². The molecule has 2 aromatic carbocycles. The number of benzene rings is 2. The molecule has 3 heteroatoms. The number of rotatable bonds is 2. The second-order valence-corrected chi connectivity index (χ2v) is 5.25. The average Bonchev–Trinajstić information content (AvgIpc) is 2.35. The second kappa shape index (κ2) is 5.21. The molecule has 0 saturated heterocycles. The number of halogens is 2. The van der Waals surface area contributed by atoms with Crippen LogP contribution in [0, 0.1) is 19.7 Å². The number of aryl methyl sites for hydroxylation is 2. The van der Waals surface area contributed by atoms with Crippen LogP contribution in [0.5, 0.6) is 0 Å². The first kappa shape index (κ1) is 13.2. The van der Waals surface area contributed by atoms with Crippen molar-refractivity contribution in [3.8, 4) is 0 Å². The Balaban J connectivity index is 2.51. The van der Waals surface area contributed by atoms with Crippen molar-refractivity contribution in [3.05, 3.63) is 68.9 Å². The lowest BCUT2D eigenvalue weighted by Gasteiger charge is -2.17. The Bertz CT molecular complexity index is 579. The van der Waals surface area contributed by atoms with E-state index >= 15 is 0 Å². The van der Waals surface area contributed by atoms with E-state index in [1.165, 1.54) is 12.1 Å². The lowest BCUT2D eigenvalue weighted by atomic mass is 9.95. The Kier molecular flexibility index (Phi) is 3.83. The van der Waals surface area contributed by atoms with Gasteiger partial charge in [-0.2, -0.15) is 0 Å². The fourth-order valence-corrected chi connectivity index (χ4v) is 2.54. The Morgan fingerprint density at radius 1 is 1.06 bits per heavy atom. The number of hydrogen-bond acceptors (Lipinski definition) is 1. The lowest BCUT2D eigenvalue weighted by molar-refractivity contribution is 0.622. The third kappa shape index (κ3) is 2.47. The van der Waals surface area contributed by atoms with Crippen molar-refractivity contribution in [2.45, 2.75) is 19.9 Å². The summed E-state index contributed by atoms with van der Waals surface area (Å²) < 4.78 is 14.3. The Morgan fingerprint density at radius 2 is 1.78 bits per heavy atom. The van der Waals surface area contributed by atoms with Gasteiger partial charge in [-0.3, -0.25) is 0 Å². The molecule has 1 atom stereocenters. The molecule has 0 radical (unpaired) electrons. The molecule has 2 aromatic rings. The summed E-state index contributed by atoms with van der Waals surface area (Å²) in [5.74, 6) is -0.255. The van der Waals surface area contributed by atoms with Gasteiger partial charge < -0.3 is 5.73 Å². The summed E-state index contributed by atoms with van der Waals surface area (Å²) in [5, 5.41) is 0. The zero-order valence-electron chi connectivity index (χ0n) is 10.4. The summed E-state index contributed by atoms with van der Waals surface area (Å²) in [7, 11) is 0. The van der Waals surface area contributed by atoms with Gasteiger partial charge >= 0.3 is 0 Å². The van der Waals surface area contributed by atoms with Gasteiger partial charge in [0.05, 0.1) is 6.04 Å². The van der Waals surface area contributed by atoms with Gasteiger partial charge in [-0.1, -0.05) is 40.2 Å². The van der Waals surface area contributed by atoms with Crippen molar-refractivity contribution in [2.24, 2.45) is 5.73 Å². The molecule has 0 amide bonds. The van der Waals surface area contributed by atoms with Crippen LogP contribution in [0.3, 0.4) is 0 Å². The fourth-order valence-electron chi connectivity index (χ4n) is 2.02. The monoisotopic (exact) mass is 307 g/mol. The molecule has 0 saturated carbocycles. The molecule has 0 heterocycles. The van der Waals surface area contributed by atoms with Crippen molar-refractivity contribution >= 4 is 15.9 Å². The molecular weight excluding hydrogens is 293 g/mol. The average molecular weight is 308 g/mol. The smallest absolute Gasteiger partial charge is 0.123 e. The van der Waals surface area contributed by atoms with Crippen molar-refractivity contribution in [1.82, 2.24) is 0 Å². The van der Waals surface area contributed by atoms with Gasteiger partial charge in [-0.15, -0.1) is 0 Å². The maximum absolute atomic E-state index is 13.3. The van der Waals surface area contributed by atoms with E-state index in [-0.39, 0.29) is 11.9 Å². The molecule has 0 fully saturated rings. The first-order valence-electron chi connectivity index (χ1n) is 5.77. The summed E-state index contributed by atoms with van der Waals surface area (Å²) in [6.07, 6.45) is 0. The van der Waals surface area contributed by atoms with E-state index in [1.807, 2.05) is 32.0 Å². The summed E-state index contributed by atoms with van der Waals surface area (Å²) >= 11 is 3.55. The Labute approximate surface area is 115 Å². The summed E-state index contributed by atoms with van der Waals surface area (Å²) in [6, 6.07) is 10.3. The zero-order chi connectivity index (χ0) is 13.3. The third-order valence-electron chi connectivity index (χ3n) is 3.13. The molecule has 0 aromatic heterocycles. The molecule has 18 heavy (non-hydrogen) atoms. The molecular formula is C15H15BrFN. The van der Waals surface area contributed by atoms with Crippen LogP contribution in [0.4, 0.5) is 4.39 Å². The van der Waals surface area contributed by atoms with Gasteiger partial charge in [0, 0.05) is 4.47 Å². The topological polar surface area (TPSA) is 26.0 Å². The first-order chi connectivity index (χ1) is 8.50. The standard InChI is InChI=1S/C15H15BrFN/c1-9-6-7-11(17)8-13(9)15(18)12-5-3-4-10(2)14(12)16/h3-8,15H,18H2,1-2H3. The van der Waals surface area contributed by atoms with Crippen LogP contribution in [-0.2, 0) is 0 Å². The van der Waals surface area contributed by atoms with E-state index < -0.39 is 0 Å². The van der Waals surface area contributed by atoms with Crippen LogP contribution < -0.4 is 5.73 Å². The van der Waals surface area contributed by atoms with Crippen LogP contribution >= 0.6 is 15.9 Å². The van der Waals surface area contributed by atoms with Gasteiger partial charge in [0.2, 0.25) is 0 Å². The molecule has 0 spiro atoms. The number of hydrogen-bond donors (Lipinski definition) is 1. The fraction of sp³-hybridized carbons (Fsp3) is 0.200. The minimum absolute atomic E-state index is 0.255. The maximum atomic E-state index is 13.3. The predicted octanol–water partition coefficient (Wildman–Crippen LogP) is 4.25. The van der Waals surface area contributed by atoms with E-state index in [0.717, 1.165) is 26.7 Å². The van der Waals surface area contributed by atoms with Crippen LogP contribution in [0.15, 0.2) is 40.9 Å². The van der Waals surface area contributed by atoms with Gasteiger partial charge in [-0.05, 0) is 48.2 Å². The summed E-state index contributed by atoms with van der Waals surface area (Å²) in [4.78, 5) is 0. The molecule has 2 rings (SSSR count). The largest absolute Gasteiger partial charge is 0.320 e. The minimum Gasteiger partial charge on any atom is -0.320 e. The quantitative estimate of drug-likeness (QED) is 0.881. The van der Waals surface area contributed by atoms with Crippen molar-refractivity contribution in [3.63, 3.8) is 0 Å². The molecule has 1 unspecified atom stereocenters. The molecule has 2 N–H and O–H groups in total. The second-order valence-electron chi connectivity index (χ2n) is 4.46. The molecule has 1 nitrogen and oxygen atoms in total. The first-order valence-corrected chi connectivity index (χ1v) is 6.56. The number of nitrogens with two attached hydrogens (primary N) is 1. The molecule has 0 aliphatic carbocycles.